The van der Waals surface area contributed by atoms with Crippen LogP contribution in [0.1, 0.15) is 59.4 Å². The van der Waals surface area contributed by atoms with Crippen LogP contribution in [0.3, 0.4) is 0 Å². The Labute approximate surface area is 490 Å². The van der Waals surface area contributed by atoms with Crippen LogP contribution in [0.5, 0.6) is 17.2 Å². The van der Waals surface area contributed by atoms with E-state index in [2.05, 4.69) is 21.1 Å². The third-order valence-electron chi connectivity index (χ3n) is 14.3. The Bertz CT molecular complexity index is 3340. The number of nitrogens with two attached hydrogens (primary N) is 3. The monoisotopic (exact) mass is 1140 g/mol. The van der Waals surface area contributed by atoms with E-state index in [1.807, 2.05) is 132 Å². The molecule has 2 unspecified atom stereocenters. The van der Waals surface area contributed by atoms with Crippen molar-refractivity contribution in [3.05, 3.63) is 174 Å². The highest BCUT2D eigenvalue weighted by Crippen LogP contribution is 2.42. The molecule has 4 amide bonds. The summed E-state index contributed by atoms with van der Waals surface area (Å²) < 4.78 is 37.4. The van der Waals surface area contributed by atoms with Gasteiger partial charge in [-0.2, -0.15) is 10.1 Å². The van der Waals surface area contributed by atoms with Crippen molar-refractivity contribution in [1.29, 1.82) is 5.41 Å². The summed E-state index contributed by atoms with van der Waals surface area (Å²) in [6.07, 6.45) is 4.89. The zero-order chi connectivity index (χ0) is 59.4. The molecule has 1 aliphatic rings. The molecule has 8 rings (SSSR count). The van der Waals surface area contributed by atoms with Crippen molar-refractivity contribution in [3.63, 3.8) is 0 Å². The van der Waals surface area contributed by atoms with Crippen LogP contribution in [0.4, 0.5) is 4.79 Å². The number of nitrogens with one attached hydrogen (secondary N) is 1. The first kappa shape index (κ1) is 61.0. The standard InChI is InChI=1S/C64H75N11O9/c1-72-28-29-73(64(72)78)40-46-12-8-15-49(36-46)54-24-18-44(37-55(54)82-33-9-30-79-2)19-27-58(76)75(63(67)68)60(61(77)71-62(65)66)59(50-22-25-52(47-13-6-5-7-14-47)56(38-50)83-34-10-31-80-3)51-23-26-53(57(39-51)84-35-11-32-81-4)48-20-16-45(17-21-48)41-74-43-69-42-70-74/h5-8,12-18,20-26,36-39,42-43,59-60H,9-11,19,27-35,40-41H2,1-4H3,(H3,67,68)(H4,65,66,71,77). The number of aromatic nitrogens is 3. The molecule has 0 aliphatic carbocycles. The molecule has 440 valence electrons. The summed E-state index contributed by atoms with van der Waals surface area (Å²) in [5.41, 5.74) is 27.3. The maximum atomic E-state index is 15.2. The number of carbonyl (C=O) groups is 3. The van der Waals surface area contributed by atoms with E-state index >= 15 is 9.59 Å². The van der Waals surface area contributed by atoms with E-state index < -0.39 is 35.7 Å². The Morgan fingerprint density at radius 1 is 0.631 bits per heavy atom. The van der Waals surface area contributed by atoms with Crippen molar-refractivity contribution in [2.24, 2.45) is 22.2 Å². The summed E-state index contributed by atoms with van der Waals surface area (Å²) in [6.45, 7) is 4.62. The molecule has 0 bridgehead atoms. The molecular formula is C64H75N11O9. The van der Waals surface area contributed by atoms with Gasteiger partial charge in [0.1, 0.15) is 35.9 Å². The topological polar surface area (TPSA) is 261 Å². The molecule has 0 radical (unpaired) electrons. The van der Waals surface area contributed by atoms with Crippen LogP contribution in [0.25, 0.3) is 33.4 Å². The summed E-state index contributed by atoms with van der Waals surface area (Å²) in [4.78, 5) is 55.8. The molecule has 1 fully saturated rings. The Morgan fingerprint density at radius 2 is 1.19 bits per heavy atom. The van der Waals surface area contributed by atoms with E-state index in [4.69, 9.17) is 51.0 Å². The summed E-state index contributed by atoms with van der Waals surface area (Å²) in [5, 5.41) is 13.4. The quantitative estimate of drug-likeness (QED) is 0.0188. The number of nitrogens with zero attached hydrogens (tertiary/aromatic N) is 7. The third kappa shape index (κ3) is 16.1. The highest BCUT2D eigenvalue weighted by atomic mass is 16.5. The number of guanidine groups is 2. The predicted octanol–water partition coefficient (Wildman–Crippen LogP) is 8.10. The molecule has 20 heteroatoms. The fourth-order valence-electron chi connectivity index (χ4n) is 10.2. The van der Waals surface area contributed by atoms with Crippen molar-refractivity contribution in [2.75, 3.05) is 81.1 Å². The first-order valence-corrected chi connectivity index (χ1v) is 28.0. The molecular weight excluding hydrogens is 1070 g/mol. The van der Waals surface area contributed by atoms with Crippen LogP contribution >= 0.6 is 0 Å². The number of urea groups is 1. The average Bonchev–Trinajstić information content (AvgIpc) is 4.23. The molecule has 7 aromatic rings. The van der Waals surface area contributed by atoms with Crippen molar-refractivity contribution in [2.45, 2.75) is 57.2 Å². The van der Waals surface area contributed by atoms with E-state index in [1.165, 1.54) is 6.33 Å². The minimum absolute atomic E-state index is 0.0147. The minimum Gasteiger partial charge on any atom is -0.493 e. The van der Waals surface area contributed by atoms with Crippen molar-refractivity contribution < 1.29 is 42.8 Å². The lowest BCUT2D eigenvalue weighted by molar-refractivity contribution is -0.135. The second kappa shape index (κ2) is 30.3. The summed E-state index contributed by atoms with van der Waals surface area (Å²) in [6, 6.07) is 41.1. The van der Waals surface area contributed by atoms with Crippen molar-refractivity contribution >= 4 is 29.8 Å². The molecule has 2 atom stereocenters. The number of methoxy groups -OCH3 is 3. The van der Waals surface area contributed by atoms with E-state index in [1.54, 1.807) is 44.3 Å². The smallest absolute Gasteiger partial charge is 0.320 e. The van der Waals surface area contributed by atoms with Crippen LogP contribution in [0, 0.1) is 5.41 Å². The van der Waals surface area contributed by atoms with Gasteiger partial charge < -0.3 is 55.4 Å². The molecule has 20 nitrogen and oxygen atoms in total. The van der Waals surface area contributed by atoms with E-state index in [9.17, 15) is 4.79 Å². The van der Waals surface area contributed by atoms with Gasteiger partial charge in [0.15, 0.2) is 11.9 Å². The number of likely N-dealkylation sites (N-methyl/N-ethyl adjacent to an activating group) is 1. The SMILES string of the molecule is COCCCOc1cc(CCC(=O)N(C(=N)N)C(C(=O)N=C(N)N)C(c2ccc(-c3ccccc3)c(OCCCOC)c2)c2ccc(-c3ccc(Cn4cncn4)cc3)c(OCCCOC)c2)ccc1-c1cccc(CN2CCN(C)C2=O)c1. The molecule has 84 heavy (non-hydrogen) atoms. The van der Waals surface area contributed by atoms with Crippen molar-refractivity contribution in [1.82, 2.24) is 29.5 Å². The number of carbonyl (C=O) groups excluding carboxylic acids is 3. The zero-order valence-electron chi connectivity index (χ0n) is 48.2. The number of ether oxygens (including phenoxy) is 6. The Morgan fingerprint density at radius 3 is 1.74 bits per heavy atom. The molecule has 6 aromatic carbocycles. The fourth-order valence-corrected chi connectivity index (χ4v) is 10.2. The molecule has 7 N–H and O–H groups in total. The second-order valence-electron chi connectivity index (χ2n) is 20.4. The number of benzene rings is 6. The van der Waals surface area contributed by atoms with Gasteiger partial charge >= 0.3 is 6.03 Å². The minimum atomic E-state index is -1.63. The Hall–Kier alpha value is -9.11. The number of hydrogen-bond acceptors (Lipinski definition) is 12. The molecule has 0 saturated carbocycles. The van der Waals surface area contributed by atoms with Crippen LogP contribution < -0.4 is 31.4 Å². The lowest BCUT2D eigenvalue weighted by Gasteiger charge is -2.35. The van der Waals surface area contributed by atoms with Crippen LogP contribution in [-0.4, -0.2) is 146 Å². The predicted molar refractivity (Wildman–Crippen MR) is 323 cm³/mol. The van der Waals surface area contributed by atoms with Crippen LogP contribution in [0.2, 0.25) is 0 Å². The summed E-state index contributed by atoms with van der Waals surface area (Å²) >= 11 is 0. The number of aryl methyl sites for hydroxylation is 1. The van der Waals surface area contributed by atoms with Gasteiger partial charge in [-0.25, -0.2) is 14.5 Å². The lowest BCUT2D eigenvalue weighted by Crippen LogP contribution is -2.54. The molecule has 2 heterocycles. The van der Waals surface area contributed by atoms with Gasteiger partial charge in [-0.05, 0) is 75.2 Å². The van der Waals surface area contributed by atoms with Crippen LogP contribution in [0.15, 0.2) is 151 Å². The van der Waals surface area contributed by atoms with E-state index in [0.29, 0.717) is 107 Å². The highest BCUT2D eigenvalue weighted by Gasteiger charge is 2.41. The Balaban J connectivity index is 1.21. The van der Waals surface area contributed by atoms with Gasteiger partial charge in [0.25, 0.3) is 5.91 Å². The maximum absolute atomic E-state index is 15.2. The van der Waals surface area contributed by atoms with Gasteiger partial charge in [-0.15, -0.1) is 0 Å². The first-order valence-electron chi connectivity index (χ1n) is 28.0. The number of aliphatic imine (C=N–C) groups is 1. The van der Waals surface area contributed by atoms with Gasteiger partial charge in [0.05, 0.1) is 26.4 Å². The third-order valence-corrected chi connectivity index (χ3v) is 14.3. The fraction of sp³-hybridized carbons (Fsp3) is 0.328. The van der Waals surface area contributed by atoms with E-state index in [-0.39, 0.29) is 25.5 Å². The first-order chi connectivity index (χ1) is 40.8. The van der Waals surface area contributed by atoms with Gasteiger partial charge in [0, 0.05) is 116 Å². The Kier molecular flexibility index (Phi) is 22.0. The normalized spacial score (nSPS) is 12.9. The van der Waals surface area contributed by atoms with E-state index in [0.717, 1.165) is 55.0 Å². The van der Waals surface area contributed by atoms with Gasteiger partial charge in [-0.1, -0.05) is 109 Å². The zero-order valence-corrected chi connectivity index (χ0v) is 48.2. The largest absolute Gasteiger partial charge is 0.493 e. The van der Waals surface area contributed by atoms with Crippen molar-refractivity contribution in [3.8, 4) is 50.6 Å². The second-order valence-corrected chi connectivity index (χ2v) is 20.4. The number of hydrogen-bond donors (Lipinski definition) is 4. The molecule has 1 aromatic heterocycles. The van der Waals surface area contributed by atoms with Gasteiger partial charge in [-0.3, -0.25) is 19.9 Å². The summed E-state index contributed by atoms with van der Waals surface area (Å²) in [7, 11) is 6.69. The number of rotatable bonds is 30. The number of amides is 4. The van der Waals surface area contributed by atoms with Crippen LogP contribution in [-0.2, 0) is 43.3 Å². The molecule has 1 aliphatic heterocycles. The average molecular weight is 1140 g/mol. The highest BCUT2D eigenvalue weighted by molar-refractivity contribution is 6.03. The van der Waals surface area contributed by atoms with Gasteiger partial charge in [0.2, 0.25) is 5.91 Å². The maximum Gasteiger partial charge on any atom is 0.320 e. The molecule has 0 spiro atoms. The molecule has 1 saturated heterocycles. The summed E-state index contributed by atoms with van der Waals surface area (Å²) in [5.74, 6) is -2.37. The lowest BCUT2D eigenvalue weighted by atomic mass is 9.82.